The van der Waals surface area contributed by atoms with Crippen LogP contribution in [0.3, 0.4) is 0 Å². The molecule has 3 heterocycles. The number of aliphatic carboxylic acids is 1. The van der Waals surface area contributed by atoms with Crippen molar-refractivity contribution in [2.24, 2.45) is 0 Å². The maximum atomic E-state index is 12.0. The van der Waals surface area contributed by atoms with Gasteiger partial charge in [0.05, 0.1) is 9.58 Å². The summed E-state index contributed by atoms with van der Waals surface area (Å²) in [7, 11) is 0. The first kappa shape index (κ1) is 15.2. The largest absolute Gasteiger partial charge is 0.481 e. The Morgan fingerprint density at radius 1 is 1.32 bits per heavy atom. The van der Waals surface area contributed by atoms with Crippen molar-refractivity contribution in [3.8, 4) is 0 Å². The number of anilines is 1. The van der Waals surface area contributed by atoms with Crippen LogP contribution in [0, 0.1) is 0 Å². The van der Waals surface area contributed by atoms with Crippen LogP contribution in [-0.2, 0) is 4.79 Å². The van der Waals surface area contributed by atoms with E-state index >= 15 is 0 Å². The second-order valence-electron chi connectivity index (χ2n) is 5.22. The van der Waals surface area contributed by atoms with Gasteiger partial charge >= 0.3 is 5.97 Å². The minimum Gasteiger partial charge on any atom is -0.481 e. The molecule has 0 atom stereocenters. The van der Waals surface area contributed by atoms with E-state index in [1.165, 1.54) is 24.2 Å². The van der Waals surface area contributed by atoms with Gasteiger partial charge in [-0.3, -0.25) is 9.59 Å². The molecule has 1 aliphatic rings. The third kappa shape index (κ3) is 3.38. The molecule has 2 aromatic rings. The molecule has 0 unspecified atom stereocenters. The summed E-state index contributed by atoms with van der Waals surface area (Å²) in [4.78, 5) is 30.9. The Balaban J connectivity index is 1.61. The third-order valence-electron chi connectivity index (χ3n) is 3.53. The molecule has 0 radical (unpaired) electrons. The Hall–Kier alpha value is -1.67. The summed E-state index contributed by atoms with van der Waals surface area (Å²) in [6.45, 7) is 2.51. The topological polar surface area (TPSA) is 82.5 Å². The zero-order chi connectivity index (χ0) is 15.5. The van der Waals surface area contributed by atoms with Gasteiger partial charge in [-0.1, -0.05) is 11.3 Å². The summed E-state index contributed by atoms with van der Waals surface area (Å²) in [6, 6.07) is 1.88. The van der Waals surface area contributed by atoms with Gasteiger partial charge in [0.25, 0.3) is 5.91 Å². The molecule has 6 nitrogen and oxygen atoms in total. The van der Waals surface area contributed by atoms with Gasteiger partial charge in [0.1, 0.15) is 4.83 Å². The average molecular weight is 339 g/mol. The van der Waals surface area contributed by atoms with Gasteiger partial charge in [0.2, 0.25) is 0 Å². The molecule has 0 bridgehead atoms. The van der Waals surface area contributed by atoms with E-state index < -0.39 is 5.97 Å². The molecular formula is C14H17N3O3S2. The van der Waals surface area contributed by atoms with Gasteiger partial charge in [-0.05, 0) is 25.3 Å². The highest BCUT2D eigenvalue weighted by Crippen LogP contribution is 2.35. The molecule has 0 aliphatic carbocycles. The number of carbonyl (C=O) groups excluding carboxylic acids is 1. The minimum absolute atomic E-state index is 0.0700. The van der Waals surface area contributed by atoms with Crippen LogP contribution in [-0.4, -0.2) is 41.6 Å². The van der Waals surface area contributed by atoms with E-state index in [1.54, 1.807) is 11.3 Å². The van der Waals surface area contributed by atoms with Gasteiger partial charge in [-0.25, -0.2) is 4.98 Å². The molecule has 0 saturated carbocycles. The van der Waals surface area contributed by atoms with Gasteiger partial charge in [-0.15, -0.1) is 11.3 Å². The van der Waals surface area contributed by atoms with E-state index in [0.717, 1.165) is 27.8 Å². The number of hydrogen-bond acceptors (Lipinski definition) is 6. The summed E-state index contributed by atoms with van der Waals surface area (Å²) in [6.07, 6.45) is 2.95. The van der Waals surface area contributed by atoms with Crippen molar-refractivity contribution in [2.45, 2.75) is 25.7 Å². The number of thiazole rings is 1. The first-order chi connectivity index (χ1) is 10.6. The second-order valence-corrected chi connectivity index (χ2v) is 7.26. The lowest BCUT2D eigenvalue weighted by Gasteiger charge is -2.11. The van der Waals surface area contributed by atoms with Crippen LogP contribution in [0.5, 0.6) is 0 Å². The molecule has 3 rings (SSSR count). The summed E-state index contributed by atoms with van der Waals surface area (Å²) in [5.74, 6) is -0.993. The van der Waals surface area contributed by atoms with Crippen molar-refractivity contribution in [2.75, 3.05) is 24.5 Å². The first-order valence-electron chi connectivity index (χ1n) is 7.29. The average Bonchev–Trinajstić information content (AvgIpc) is 3.16. The minimum atomic E-state index is -0.843. The molecule has 2 aromatic heterocycles. The maximum Gasteiger partial charge on any atom is 0.303 e. The lowest BCUT2D eigenvalue weighted by atomic mass is 10.3. The highest BCUT2D eigenvalue weighted by Gasteiger charge is 2.19. The fourth-order valence-electron chi connectivity index (χ4n) is 2.41. The molecular weight excluding hydrogens is 322 g/mol. The number of aromatic nitrogens is 1. The predicted octanol–water partition coefficient (Wildman–Crippen LogP) is 2.55. The highest BCUT2D eigenvalue weighted by molar-refractivity contribution is 7.29. The lowest BCUT2D eigenvalue weighted by molar-refractivity contribution is -0.137. The van der Waals surface area contributed by atoms with Crippen molar-refractivity contribution >= 4 is 49.2 Å². The summed E-state index contributed by atoms with van der Waals surface area (Å²) >= 11 is 3.03. The molecule has 118 valence electrons. The Morgan fingerprint density at radius 2 is 2.09 bits per heavy atom. The monoisotopic (exact) mass is 339 g/mol. The van der Waals surface area contributed by atoms with Crippen molar-refractivity contribution in [1.82, 2.24) is 10.3 Å². The van der Waals surface area contributed by atoms with E-state index in [1.807, 2.05) is 6.07 Å². The van der Waals surface area contributed by atoms with Gasteiger partial charge in [0, 0.05) is 26.1 Å². The van der Waals surface area contributed by atoms with Gasteiger partial charge in [-0.2, -0.15) is 0 Å². The predicted molar refractivity (Wildman–Crippen MR) is 88.1 cm³/mol. The quantitative estimate of drug-likeness (QED) is 0.790. The molecule has 22 heavy (non-hydrogen) atoms. The SMILES string of the molecule is O=C(O)CCCNC(=O)c1cc2sc(N3CCCC3)nc2s1. The number of carbonyl (C=O) groups is 2. The number of carboxylic acid groups (broad SMARTS) is 1. The van der Waals surface area contributed by atoms with Crippen LogP contribution < -0.4 is 10.2 Å². The molecule has 1 fully saturated rings. The fourth-order valence-corrected chi connectivity index (χ4v) is 4.59. The number of thiophene rings is 1. The van der Waals surface area contributed by atoms with E-state index in [9.17, 15) is 9.59 Å². The van der Waals surface area contributed by atoms with E-state index in [-0.39, 0.29) is 12.3 Å². The standard InChI is InChI=1S/C14H17N3O3S2/c18-11(19)4-3-5-15-12(20)9-8-10-13(21-9)16-14(22-10)17-6-1-2-7-17/h8H,1-7H2,(H,15,20)(H,18,19). The van der Waals surface area contributed by atoms with Gasteiger partial charge in [0.15, 0.2) is 5.13 Å². The Labute approximate surface area is 135 Å². The van der Waals surface area contributed by atoms with E-state index in [2.05, 4.69) is 15.2 Å². The van der Waals surface area contributed by atoms with Crippen LogP contribution >= 0.6 is 22.7 Å². The van der Waals surface area contributed by atoms with Crippen molar-refractivity contribution in [3.05, 3.63) is 10.9 Å². The third-order valence-corrected chi connectivity index (χ3v) is 5.75. The van der Waals surface area contributed by atoms with Crippen LogP contribution in [0.25, 0.3) is 9.53 Å². The molecule has 2 N–H and O–H groups in total. The first-order valence-corrected chi connectivity index (χ1v) is 8.92. The number of fused-ring (bicyclic) bond motifs is 1. The van der Waals surface area contributed by atoms with Crippen molar-refractivity contribution in [1.29, 1.82) is 0 Å². The number of nitrogens with zero attached hydrogens (tertiary/aromatic N) is 2. The maximum absolute atomic E-state index is 12.0. The highest BCUT2D eigenvalue weighted by atomic mass is 32.1. The summed E-state index contributed by atoms with van der Waals surface area (Å²) < 4.78 is 1.04. The smallest absolute Gasteiger partial charge is 0.303 e. The lowest BCUT2D eigenvalue weighted by Crippen LogP contribution is -2.23. The van der Waals surface area contributed by atoms with Crippen LogP contribution in [0.2, 0.25) is 0 Å². The van der Waals surface area contributed by atoms with Crippen molar-refractivity contribution in [3.63, 3.8) is 0 Å². The normalized spacial score (nSPS) is 14.6. The molecule has 1 aliphatic heterocycles. The Kier molecular flexibility index (Phi) is 4.58. The van der Waals surface area contributed by atoms with Crippen LogP contribution in [0.15, 0.2) is 6.07 Å². The molecule has 0 spiro atoms. The van der Waals surface area contributed by atoms with Crippen LogP contribution in [0.4, 0.5) is 5.13 Å². The second kappa shape index (κ2) is 6.62. The zero-order valence-electron chi connectivity index (χ0n) is 12.0. The van der Waals surface area contributed by atoms with Crippen molar-refractivity contribution < 1.29 is 14.7 Å². The van der Waals surface area contributed by atoms with Gasteiger partial charge < -0.3 is 15.3 Å². The Morgan fingerprint density at radius 3 is 2.77 bits per heavy atom. The Bertz CT molecular complexity index is 657. The summed E-state index contributed by atoms with van der Waals surface area (Å²) in [5, 5.41) is 12.4. The molecule has 1 amide bonds. The number of carboxylic acids is 1. The van der Waals surface area contributed by atoms with Crippen LogP contribution in [0.1, 0.15) is 35.4 Å². The van der Waals surface area contributed by atoms with E-state index in [4.69, 9.17) is 5.11 Å². The summed E-state index contributed by atoms with van der Waals surface area (Å²) in [5.41, 5.74) is 0. The number of amides is 1. The number of hydrogen-bond donors (Lipinski definition) is 2. The number of nitrogens with one attached hydrogen (secondary N) is 1. The molecule has 8 heteroatoms. The number of rotatable bonds is 6. The fraction of sp³-hybridized carbons (Fsp3) is 0.500. The van der Waals surface area contributed by atoms with E-state index in [0.29, 0.717) is 17.8 Å². The zero-order valence-corrected chi connectivity index (χ0v) is 13.6. The molecule has 0 aromatic carbocycles. The molecule has 1 saturated heterocycles.